The van der Waals surface area contributed by atoms with Crippen LogP contribution in [0.2, 0.25) is 0 Å². The summed E-state index contributed by atoms with van der Waals surface area (Å²) in [4.78, 5) is 17.7. The lowest BCUT2D eigenvalue weighted by atomic mass is 10.2. The first kappa shape index (κ1) is 15.4. The first-order valence-electron chi connectivity index (χ1n) is 7.49. The molecule has 0 bridgehead atoms. The van der Waals surface area contributed by atoms with E-state index in [0.29, 0.717) is 11.2 Å². The van der Waals surface area contributed by atoms with E-state index in [-0.39, 0.29) is 22.9 Å². The summed E-state index contributed by atoms with van der Waals surface area (Å²) in [5.41, 5.74) is 4.72. The fourth-order valence-corrected chi connectivity index (χ4v) is 2.49. The Hall–Kier alpha value is -4.08. The van der Waals surface area contributed by atoms with Crippen LogP contribution in [0.5, 0.6) is 5.75 Å². The number of hydrogen-bond acceptors (Lipinski definition) is 8. The molecular formula is C16H11N7O3. The van der Waals surface area contributed by atoms with Crippen LogP contribution >= 0.6 is 0 Å². The molecule has 0 fully saturated rings. The third-order valence-corrected chi connectivity index (χ3v) is 3.71. The molecular weight excluding hydrogens is 338 g/mol. The van der Waals surface area contributed by atoms with Crippen molar-refractivity contribution in [2.24, 2.45) is 5.10 Å². The number of nitrogens with zero attached hydrogens (tertiary/aromatic N) is 5. The van der Waals surface area contributed by atoms with E-state index in [2.05, 4.69) is 30.7 Å². The summed E-state index contributed by atoms with van der Waals surface area (Å²) in [5.74, 6) is 0.0106. The maximum absolute atomic E-state index is 10.8. The van der Waals surface area contributed by atoms with Gasteiger partial charge in [-0.3, -0.25) is 10.1 Å². The van der Waals surface area contributed by atoms with Crippen molar-refractivity contribution in [2.75, 3.05) is 5.43 Å². The second kappa shape index (κ2) is 6.09. The standard InChI is InChI=1S/C16H11N7O3/c24-13-6-5-10(23(25)26)7-9(13)8-17-21-16-19-15-14(20-22-16)11-3-1-2-4-12(11)18-15/h1-8,24H,(H2,18,19,21,22)/b17-8-. The highest BCUT2D eigenvalue weighted by molar-refractivity contribution is 6.03. The number of phenols is 1. The van der Waals surface area contributed by atoms with Gasteiger partial charge >= 0.3 is 0 Å². The van der Waals surface area contributed by atoms with Gasteiger partial charge in [-0.1, -0.05) is 18.2 Å². The molecule has 0 atom stereocenters. The van der Waals surface area contributed by atoms with E-state index >= 15 is 0 Å². The van der Waals surface area contributed by atoms with Crippen molar-refractivity contribution in [1.82, 2.24) is 20.2 Å². The highest BCUT2D eigenvalue weighted by Crippen LogP contribution is 2.22. The van der Waals surface area contributed by atoms with Gasteiger partial charge in [-0.2, -0.15) is 10.1 Å². The van der Waals surface area contributed by atoms with Gasteiger partial charge in [-0.25, -0.2) is 5.43 Å². The number of para-hydroxylation sites is 1. The van der Waals surface area contributed by atoms with Gasteiger partial charge in [-0.15, -0.1) is 10.2 Å². The van der Waals surface area contributed by atoms with Crippen LogP contribution in [0, 0.1) is 10.1 Å². The lowest BCUT2D eigenvalue weighted by Gasteiger charge is -1.99. The molecule has 128 valence electrons. The summed E-state index contributed by atoms with van der Waals surface area (Å²) in [6, 6.07) is 11.3. The van der Waals surface area contributed by atoms with Crippen molar-refractivity contribution in [2.45, 2.75) is 0 Å². The van der Waals surface area contributed by atoms with E-state index in [9.17, 15) is 15.2 Å². The third-order valence-electron chi connectivity index (χ3n) is 3.71. The number of fused-ring (bicyclic) bond motifs is 3. The Morgan fingerprint density at radius 1 is 1.23 bits per heavy atom. The highest BCUT2D eigenvalue weighted by atomic mass is 16.6. The van der Waals surface area contributed by atoms with Crippen LogP contribution in [0.15, 0.2) is 47.6 Å². The fraction of sp³-hybridized carbons (Fsp3) is 0. The van der Waals surface area contributed by atoms with Gasteiger partial charge < -0.3 is 10.1 Å². The Morgan fingerprint density at radius 3 is 2.92 bits per heavy atom. The van der Waals surface area contributed by atoms with Crippen molar-refractivity contribution < 1.29 is 10.0 Å². The number of anilines is 1. The second-order valence-electron chi connectivity index (χ2n) is 5.37. The zero-order valence-corrected chi connectivity index (χ0v) is 13.1. The predicted octanol–water partition coefficient (Wildman–Crippen LogP) is 2.57. The fourth-order valence-electron chi connectivity index (χ4n) is 2.49. The van der Waals surface area contributed by atoms with Crippen LogP contribution in [0.3, 0.4) is 0 Å². The molecule has 3 N–H and O–H groups in total. The number of benzene rings is 2. The highest BCUT2D eigenvalue weighted by Gasteiger charge is 2.10. The maximum atomic E-state index is 10.8. The average Bonchev–Trinajstić information content (AvgIpc) is 3.01. The number of aromatic hydroxyl groups is 1. The number of H-pyrrole nitrogens is 1. The number of nitrogens with one attached hydrogen (secondary N) is 2. The first-order valence-corrected chi connectivity index (χ1v) is 7.49. The van der Waals surface area contributed by atoms with E-state index in [0.717, 1.165) is 10.9 Å². The molecule has 2 aromatic heterocycles. The van der Waals surface area contributed by atoms with Gasteiger partial charge in [0.15, 0.2) is 5.65 Å². The summed E-state index contributed by atoms with van der Waals surface area (Å²) in [5, 5.41) is 33.4. The van der Waals surface area contributed by atoms with E-state index in [1.54, 1.807) is 0 Å². The van der Waals surface area contributed by atoms with Crippen LogP contribution < -0.4 is 5.43 Å². The molecule has 0 unspecified atom stereocenters. The minimum absolute atomic E-state index is 0.133. The number of non-ortho nitro benzene ring substituents is 1. The molecule has 2 heterocycles. The number of hydrogen-bond donors (Lipinski definition) is 3. The molecule has 0 saturated carbocycles. The van der Waals surface area contributed by atoms with E-state index in [4.69, 9.17) is 0 Å². The zero-order chi connectivity index (χ0) is 18.1. The summed E-state index contributed by atoms with van der Waals surface area (Å²) in [7, 11) is 0. The zero-order valence-electron chi connectivity index (χ0n) is 13.1. The molecule has 0 amide bonds. The van der Waals surface area contributed by atoms with Gasteiger partial charge in [0, 0.05) is 28.6 Å². The lowest BCUT2D eigenvalue weighted by molar-refractivity contribution is -0.384. The summed E-state index contributed by atoms with van der Waals surface area (Å²) < 4.78 is 0. The van der Waals surface area contributed by atoms with Gasteiger partial charge in [0.2, 0.25) is 0 Å². The molecule has 10 nitrogen and oxygen atoms in total. The SMILES string of the molecule is O=[N+]([O-])c1ccc(O)c(/C=N\Nc2nnc3c(n2)[nH]c2ccccc23)c1. The summed E-state index contributed by atoms with van der Waals surface area (Å²) in [6.45, 7) is 0. The topological polar surface area (TPSA) is 142 Å². The predicted molar refractivity (Wildman–Crippen MR) is 95.2 cm³/mol. The van der Waals surface area contributed by atoms with Crippen molar-refractivity contribution in [3.05, 3.63) is 58.1 Å². The number of hydrazone groups is 1. The normalized spacial score (nSPS) is 11.4. The van der Waals surface area contributed by atoms with Crippen molar-refractivity contribution in [1.29, 1.82) is 0 Å². The Morgan fingerprint density at radius 2 is 2.08 bits per heavy atom. The number of rotatable bonds is 4. The average molecular weight is 349 g/mol. The Kier molecular flexibility index (Phi) is 3.62. The molecule has 0 aliphatic carbocycles. The van der Waals surface area contributed by atoms with E-state index in [1.165, 1.54) is 24.4 Å². The third kappa shape index (κ3) is 2.75. The molecule has 4 rings (SSSR count). The van der Waals surface area contributed by atoms with Crippen LogP contribution in [-0.4, -0.2) is 36.4 Å². The molecule has 0 aliphatic heterocycles. The van der Waals surface area contributed by atoms with Crippen molar-refractivity contribution >= 4 is 39.9 Å². The minimum Gasteiger partial charge on any atom is -0.507 e. The van der Waals surface area contributed by atoms with Crippen molar-refractivity contribution in [3.63, 3.8) is 0 Å². The monoisotopic (exact) mass is 349 g/mol. The van der Waals surface area contributed by atoms with Crippen LogP contribution in [-0.2, 0) is 0 Å². The number of nitro benzene ring substituents is 1. The Balaban J connectivity index is 1.60. The largest absolute Gasteiger partial charge is 0.507 e. The van der Waals surface area contributed by atoms with E-state index < -0.39 is 4.92 Å². The van der Waals surface area contributed by atoms with Crippen LogP contribution in [0.25, 0.3) is 22.1 Å². The van der Waals surface area contributed by atoms with Gasteiger partial charge in [0.25, 0.3) is 11.6 Å². The number of phenolic OH excluding ortho intramolecular Hbond substituents is 1. The van der Waals surface area contributed by atoms with Gasteiger partial charge in [0.05, 0.1) is 11.1 Å². The quantitative estimate of drug-likeness (QED) is 0.292. The summed E-state index contributed by atoms with van der Waals surface area (Å²) >= 11 is 0. The van der Waals surface area contributed by atoms with E-state index in [1.807, 2.05) is 24.3 Å². The summed E-state index contributed by atoms with van der Waals surface area (Å²) in [6.07, 6.45) is 1.24. The van der Waals surface area contributed by atoms with Crippen molar-refractivity contribution in [3.8, 4) is 5.75 Å². The number of aromatic nitrogens is 4. The van der Waals surface area contributed by atoms with Gasteiger partial charge in [-0.05, 0) is 12.1 Å². The minimum atomic E-state index is -0.554. The lowest BCUT2D eigenvalue weighted by Crippen LogP contribution is -1.99. The first-order chi connectivity index (χ1) is 12.6. The molecule has 0 radical (unpaired) electrons. The molecule has 2 aromatic carbocycles. The van der Waals surface area contributed by atoms with Crippen LogP contribution in [0.4, 0.5) is 11.6 Å². The Bertz CT molecular complexity index is 1170. The molecule has 4 aromatic rings. The Labute approximate surface area is 145 Å². The second-order valence-corrected chi connectivity index (χ2v) is 5.37. The molecule has 10 heteroatoms. The molecule has 0 spiro atoms. The molecule has 0 aliphatic rings. The maximum Gasteiger partial charge on any atom is 0.270 e. The number of nitro groups is 1. The van der Waals surface area contributed by atoms with Gasteiger partial charge in [0.1, 0.15) is 11.3 Å². The number of aromatic amines is 1. The van der Waals surface area contributed by atoms with Crippen LogP contribution in [0.1, 0.15) is 5.56 Å². The molecule has 26 heavy (non-hydrogen) atoms. The smallest absolute Gasteiger partial charge is 0.270 e. The molecule has 0 saturated heterocycles.